The van der Waals surface area contributed by atoms with Crippen LogP contribution in [0.2, 0.25) is 0 Å². The van der Waals surface area contributed by atoms with Gasteiger partial charge < -0.3 is 0 Å². The molecule has 4 aromatic rings. The molecule has 2 aromatic heterocycles. The fourth-order valence-corrected chi connectivity index (χ4v) is 3.34. The molecular formula is C20H14N4O2S. The van der Waals surface area contributed by atoms with E-state index in [2.05, 4.69) is 9.97 Å². The van der Waals surface area contributed by atoms with E-state index in [0.717, 1.165) is 9.79 Å². The quantitative estimate of drug-likeness (QED) is 0.546. The molecule has 0 amide bonds. The predicted octanol–water partition coefficient (Wildman–Crippen LogP) is 3.61. The summed E-state index contributed by atoms with van der Waals surface area (Å²) < 4.78 is 2.89. The van der Waals surface area contributed by atoms with Crippen LogP contribution in [0.25, 0.3) is 0 Å². The lowest BCUT2D eigenvalue weighted by Crippen LogP contribution is -2.09. The van der Waals surface area contributed by atoms with E-state index < -0.39 is 0 Å². The first-order chi connectivity index (χ1) is 13.2. The molecule has 0 radical (unpaired) electrons. The van der Waals surface area contributed by atoms with Crippen LogP contribution in [0.15, 0.2) is 95.8 Å². The van der Waals surface area contributed by atoms with Gasteiger partial charge in [0.2, 0.25) is 0 Å². The predicted molar refractivity (Wildman–Crippen MR) is 101 cm³/mol. The van der Waals surface area contributed by atoms with Crippen LogP contribution < -0.4 is 0 Å². The van der Waals surface area contributed by atoms with Crippen molar-refractivity contribution in [2.45, 2.75) is 9.79 Å². The summed E-state index contributed by atoms with van der Waals surface area (Å²) >= 11 is 1.56. The number of hydrogen-bond donors (Lipinski definition) is 0. The summed E-state index contributed by atoms with van der Waals surface area (Å²) in [5, 5.41) is 0. The fraction of sp³-hybridized carbons (Fsp3) is 0. The van der Waals surface area contributed by atoms with Crippen molar-refractivity contribution in [3.05, 3.63) is 97.1 Å². The highest BCUT2D eigenvalue weighted by atomic mass is 32.2. The van der Waals surface area contributed by atoms with Gasteiger partial charge in [-0.2, -0.15) is 0 Å². The zero-order valence-corrected chi connectivity index (χ0v) is 14.9. The normalized spacial score (nSPS) is 10.7. The third-order valence-corrected chi connectivity index (χ3v) is 4.93. The summed E-state index contributed by atoms with van der Waals surface area (Å²) in [4.78, 5) is 34.3. The molecular weight excluding hydrogens is 360 g/mol. The molecule has 0 atom stereocenters. The zero-order chi connectivity index (χ0) is 18.6. The van der Waals surface area contributed by atoms with Gasteiger partial charge in [0.1, 0.15) is 12.7 Å². The molecule has 0 aliphatic heterocycles. The Bertz CT molecular complexity index is 967. The lowest BCUT2D eigenvalue weighted by molar-refractivity contribution is 0.0951. The second-order valence-electron chi connectivity index (χ2n) is 5.70. The molecule has 6 nitrogen and oxygen atoms in total. The lowest BCUT2D eigenvalue weighted by Gasteiger charge is -2.06. The smallest absolute Gasteiger partial charge is 0.263 e. The van der Waals surface area contributed by atoms with E-state index in [1.807, 2.05) is 24.3 Å². The average molecular weight is 374 g/mol. The Labute approximate surface area is 159 Å². The molecule has 0 fully saturated rings. The van der Waals surface area contributed by atoms with Gasteiger partial charge in [0.05, 0.1) is 0 Å². The highest BCUT2D eigenvalue weighted by Crippen LogP contribution is 2.28. The zero-order valence-electron chi connectivity index (χ0n) is 14.1. The van der Waals surface area contributed by atoms with Crippen molar-refractivity contribution < 1.29 is 9.59 Å². The number of imidazole rings is 2. The van der Waals surface area contributed by atoms with Crippen LogP contribution in [-0.4, -0.2) is 30.9 Å². The average Bonchev–Trinajstić information content (AvgIpc) is 3.42. The first-order valence-corrected chi connectivity index (χ1v) is 8.96. The minimum Gasteiger partial charge on any atom is -0.272 e. The number of carbonyl (C=O) groups excluding carboxylic acids is 2. The van der Waals surface area contributed by atoms with Crippen molar-refractivity contribution in [1.29, 1.82) is 0 Å². The van der Waals surface area contributed by atoms with Gasteiger partial charge in [0.25, 0.3) is 11.8 Å². The van der Waals surface area contributed by atoms with E-state index in [4.69, 9.17) is 0 Å². The van der Waals surface area contributed by atoms with Gasteiger partial charge in [-0.25, -0.2) is 9.97 Å². The SMILES string of the molecule is O=C(c1ccc(Sc2ccc(C(=O)n3ccnc3)cc2)cc1)n1ccnc1. The van der Waals surface area contributed by atoms with Gasteiger partial charge in [0, 0.05) is 45.7 Å². The topological polar surface area (TPSA) is 69.8 Å². The van der Waals surface area contributed by atoms with Gasteiger partial charge in [0.15, 0.2) is 0 Å². The molecule has 4 rings (SSSR count). The Balaban J connectivity index is 1.45. The van der Waals surface area contributed by atoms with E-state index in [-0.39, 0.29) is 11.8 Å². The Morgan fingerprint density at radius 3 is 1.41 bits per heavy atom. The Kier molecular flexibility index (Phi) is 4.67. The molecule has 0 saturated carbocycles. The molecule has 132 valence electrons. The molecule has 2 aromatic carbocycles. The van der Waals surface area contributed by atoms with Crippen LogP contribution in [0, 0.1) is 0 Å². The Morgan fingerprint density at radius 2 is 1.07 bits per heavy atom. The molecule has 27 heavy (non-hydrogen) atoms. The molecule has 0 aliphatic carbocycles. The fourth-order valence-electron chi connectivity index (χ4n) is 2.52. The highest BCUT2D eigenvalue weighted by molar-refractivity contribution is 7.99. The third kappa shape index (κ3) is 3.73. The molecule has 0 aliphatic rings. The first kappa shape index (κ1) is 17.0. The molecule has 2 heterocycles. The minimum absolute atomic E-state index is 0.119. The van der Waals surface area contributed by atoms with Crippen LogP contribution in [0.1, 0.15) is 20.7 Å². The maximum Gasteiger partial charge on any atom is 0.263 e. The Morgan fingerprint density at radius 1 is 0.667 bits per heavy atom. The van der Waals surface area contributed by atoms with Crippen molar-refractivity contribution in [2.75, 3.05) is 0 Å². The molecule has 0 N–H and O–H groups in total. The van der Waals surface area contributed by atoms with Crippen molar-refractivity contribution in [1.82, 2.24) is 19.1 Å². The van der Waals surface area contributed by atoms with Gasteiger partial charge in [-0.05, 0) is 48.5 Å². The number of rotatable bonds is 4. The molecule has 0 bridgehead atoms. The summed E-state index contributed by atoms with van der Waals surface area (Å²) in [6.07, 6.45) is 9.36. The van der Waals surface area contributed by atoms with E-state index in [1.54, 1.807) is 60.8 Å². The van der Waals surface area contributed by atoms with Gasteiger partial charge >= 0.3 is 0 Å². The molecule has 0 saturated heterocycles. The standard InChI is InChI=1S/C20H14N4O2S/c25-19(23-11-9-21-13-23)15-1-5-17(6-2-15)27-18-7-3-16(4-8-18)20(26)24-12-10-22-14-24/h1-14H. The highest BCUT2D eigenvalue weighted by Gasteiger charge is 2.09. The van der Waals surface area contributed by atoms with Gasteiger partial charge in [-0.3, -0.25) is 18.7 Å². The van der Waals surface area contributed by atoms with E-state index in [1.165, 1.54) is 21.8 Å². The summed E-state index contributed by atoms with van der Waals surface area (Å²) in [7, 11) is 0. The Hall–Kier alpha value is -3.45. The largest absolute Gasteiger partial charge is 0.272 e. The maximum absolute atomic E-state index is 12.3. The third-order valence-electron chi connectivity index (χ3n) is 3.92. The summed E-state index contributed by atoms with van der Waals surface area (Å²) in [5.41, 5.74) is 1.19. The molecule has 0 spiro atoms. The van der Waals surface area contributed by atoms with Crippen molar-refractivity contribution >= 4 is 23.6 Å². The van der Waals surface area contributed by atoms with Gasteiger partial charge in [-0.15, -0.1) is 0 Å². The lowest BCUT2D eigenvalue weighted by atomic mass is 10.2. The molecule has 7 heteroatoms. The second-order valence-corrected chi connectivity index (χ2v) is 6.85. The van der Waals surface area contributed by atoms with E-state index >= 15 is 0 Å². The second kappa shape index (κ2) is 7.43. The number of aromatic nitrogens is 4. The van der Waals surface area contributed by atoms with Crippen LogP contribution in [0.5, 0.6) is 0 Å². The van der Waals surface area contributed by atoms with Crippen LogP contribution in [0.4, 0.5) is 0 Å². The van der Waals surface area contributed by atoms with Crippen molar-refractivity contribution in [3.8, 4) is 0 Å². The van der Waals surface area contributed by atoms with Crippen LogP contribution in [-0.2, 0) is 0 Å². The van der Waals surface area contributed by atoms with Crippen molar-refractivity contribution in [3.63, 3.8) is 0 Å². The van der Waals surface area contributed by atoms with Crippen LogP contribution in [0.3, 0.4) is 0 Å². The van der Waals surface area contributed by atoms with Crippen molar-refractivity contribution in [2.24, 2.45) is 0 Å². The number of carbonyl (C=O) groups is 2. The number of benzene rings is 2. The van der Waals surface area contributed by atoms with E-state index in [0.29, 0.717) is 11.1 Å². The minimum atomic E-state index is -0.119. The summed E-state index contributed by atoms with van der Waals surface area (Å²) in [6, 6.07) is 14.8. The monoisotopic (exact) mass is 374 g/mol. The molecule has 0 unspecified atom stereocenters. The summed E-state index contributed by atoms with van der Waals surface area (Å²) in [5.74, 6) is -0.238. The first-order valence-electron chi connectivity index (χ1n) is 8.14. The number of nitrogens with zero attached hydrogens (tertiary/aromatic N) is 4. The van der Waals surface area contributed by atoms with E-state index in [9.17, 15) is 9.59 Å². The van der Waals surface area contributed by atoms with Crippen LogP contribution >= 0.6 is 11.8 Å². The van der Waals surface area contributed by atoms with Gasteiger partial charge in [-0.1, -0.05) is 11.8 Å². The maximum atomic E-state index is 12.3. The number of hydrogen-bond acceptors (Lipinski definition) is 5. The summed E-state index contributed by atoms with van der Waals surface area (Å²) in [6.45, 7) is 0.